The Balaban J connectivity index is 2.06. The molecule has 0 amide bonds. The number of halogens is 1. The highest BCUT2D eigenvalue weighted by Crippen LogP contribution is 2.40. The van der Waals surface area contributed by atoms with Crippen LogP contribution in [0.2, 0.25) is 5.02 Å². The molecule has 1 aromatic heterocycles. The molecule has 1 aliphatic rings. The van der Waals surface area contributed by atoms with Gasteiger partial charge in [-0.1, -0.05) is 37.4 Å². The Hall–Kier alpha value is -1.22. The van der Waals surface area contributed by atoms with E-state index in [1.807, 2.05) is 18.2 Å². The van der Waals surface area contributed by atoms with Gasteiger partial charge in [-0.25, -0.2) is 4.98 Å². The van der Waals surface area contributed by atoms with E-state index in [4.69, 9.17) is 17.3 Å². The van der Waals surface area contributed by atoms with Crippen LogP contribution in [0.3, 0.4) is 0 Å². The van der Waals surface area contributed by atoms with Gasteiger partial charge in [0.05, 0.1) is 10.5 Å². The summed E-state index contributed by atoms with van der Waals surface area (Å²) < 4.78 is 2.12. The van der Waals surface area contributed by atoms with Crippen LogP contribution >= 0.6 is 11.6 Å². The minimum Gasteiger partial charge on any atom is -0.369 e. The second-order valence-electron chi connectivity index (χ2n) is 5.68. The number of aromatic nitrogens is 2. The lowest BCUT2D eigenvalue weighted by Crippen LogP contribution is -2.20. The third-order valence-corrected chi connectivity index (χ3v) is 4.41. The van der Waals surface area contributed by atoms with Gasteiger partial charge >= 0.3 is 0 Å². The van der Waals surface area contributed by atoms with E-state index in [0.29, 0.717) is 16.4 Å². The molecule has 4 heteroatoms. The minimum atomic E-state index is 0.351. The normalized spacial score (nSPS) is 18.6. The van der Waals surface area contributed by atoms with Crippen molar-refractivity contribution in [2.24, 2.45) is 5.41 Å². The zero-order valence-electron chi connectivity index (χ0n) is 10.6. The van der Waals surface area contributed by atoms with Crippen molar-refractivity contribution in [2.45, 2.75) is 39.2 Å². The average Bonchev–Trinajstić information content (AvgIpc) is 2.88. The standard InChI is InChI=1S/C14H18ClN3/c1-14(7-2-3-8-14)9-18-11-6-4-5-10(15)12(11)17-13(18)16/h4-6H,2-3,7-9H2,1H3,(H2,16,17). The fourth-order valence-corrected chi connectivity index (χ4v) is 3.28. The molecule has 18 heavy (non-hydrogen) atoms. The van der Waals surface area contributed by atoms with Gasteiger partial charge in [-0.2, -0.15) is 0 Å². The predicted octanol–water partition coefficient (Wildman–Crippen LogP) is 3.85. The third kappa shape index (κ3) is 1.87. The molecule has 3 rings (SSSR count). The first kappa shape index (κ1) is 11.8. The van der Waals surface area contributed by atoms with Crippen LogP contribution in [0.15, 0.2) is 18.2 Å². The topological polar surface area (TPSA) is 43.8 Å². The Labute approximate surface area is 112 Å². The summed E-state index contributed by atoms with van der Waals surface area (Å²) in [5, 5.41) is 0.675. The summed E-state index contributed by atoms with van der Waals surface area (Å²) in [4.78, 5) is 4.39. The Morgan fingerprint density at radius 1 is 1.39 bits per heavy atom. The highest BCUT2D eigenvalue weighted by atomic mass is 35.5. The van der Waals surface area contributed by atoms with Gasteiger partial charge in [0.1, 0.15) is 5.52 Å². The molecule has 0 bridgehead atoms. The van der Waals surface area contributed by atoms with Crippen LogP contribution in [0.4, 0.5) is 5.95 Å². The van der Waals surface area contributed by atoms with Crippen LogP contribution in [0, 0.1) is 5.41 Å². The van der Waals surface area contributed by atoms with E-state index in [9.17, 15) is 0 Å². The number of para-hydroxylation sites is 1. The summed E-state index contributed by atoms with van der Waals surface area (Å²) in [6.07, 6.45) is 5.19. The van der Waals surface area contributed by atoms with E-state index in [1.165, 1.54) is 25.7 Å². The number of nitrogens with two attached hydrogens (primary N) is 1. The molecule has 1 saturated carbocycles. The van der Waals surface area contributed by atoms with Gasteiger partial charge in [0.25, 0.3) is 0 Å². The van der Waals surface area contributed by atoms with Gasteiger partial charge in [-0.15, -0.1) is 0 Å². The molecule has 0 unspecified atom stereocenters. The molecule has 0 saturated heterocycles. The second-order valence-corrected chi connectivity index (χ2v) is 6.09. The van der Waals surface area contributed by atoms with Gasteiger partial charge in [0.15, 0.2) is 0 Å². The average molecular weight is 264 g/mol. The Morgan fingerprint density at radius 2 is 2.11 bits per heavy atom. The van der Waals surface area contributed by atoms with Crippen LogP contribution in [0.1, 0.15) is 32.6 Å². The minimum absolute atomic E-state index is 0.351. The van der Waals surface area contributed by atoms with Gasteiger partial charge in [-0.3, -0.25) is 0 Å². The van der Waals surface area contributed by atoms with Crippen molar-refractivity contribution < 1.29 is 0 Å². The molecule has 96 valence electrons. The van der Waals surface area contributed by atoms with Crippen molar-refractivity contribution in [1.82, 2.24) is 9.55 Å². The molecule has 0 atom stereocenters. The third-order valence-electron chi connectivity index (χ3n) is 4.11. The lowest BCUT2D eigenvalue weighted by atomic mass is 9.89. The van der Waals surface area contributed by atoms with E-state index in [0.717, 1.165) is 17.6 Å². The Kier molecular flexibility index (Phi) is 2.74. The molecule has 1 heterocycles. The fourth-order valence-electron chi connectivity index (χ4n) is 3.07. The number of anilines is 1. The van der Waals surface area contributed by atoms with Gasteiger partial charge in [0.2, 0.25) is 5.95 Å². The lowest BCUT2D eigenvalue weighted by Gasteiger charge is -2.24. The van der Waals surface area contributed by atoms with Gasteiger partial charge in [-0.05, 0) is 30.4 Å². The van der Waals surface area contributed by atoms with Crippen LogP contribution in [0.5, 0.6) is 0 Å². The van der Waals surface area contributed by atoms with E-state index >= 15 is 0 Å². The van der Waals surface area contributed by atoms with Crippen LogP contribution < -0.4 is 5.73 Å². The highest BCUT2D eigenvalue weighted by molar-refractivity contribution is 6.35. The second kappa shape index (κ2) is 4.16. The van der Waals surface area contributed by atoms with E-state index < -0.39 is 0 Å². The molecular formula is C14H18ClN3. The summed E-state index contributed by atoms with van der Waals surface area (Å²) in [6, 6.07) is 5.86. The van der Waals surface area contributed by atoms with Crippen LogP contribution in [0.25, 0.3) is 11.0 Å². The predicted molar refractivity (Wildman–Crippen MR) is 75.7 cm³/mol. The van der Waals surface area contributed by atoms with E-state index in [-0.39, 0.29) is 0 Å². The molecule has 1 fully saturated rings. The summed E-state index contributed by atoms with van der Waals surface area (Å²) in [7, 11) is 0. The molecule has 0 radical (unpaired) electrons. The molecular weight excluding hydrogens is 246 g/mol. The van der Waals surface area contributed by atoms with Crippen molar-refractivity contribution in [3.8, 4) is 0 Å². The van der Waals surface area contributed by atoms with E-state index in [2.05, 4.69) is 16.5 Å². The molecule has 1 aromatic carbocycles. The number of imidazole rings is 1. The van der Waals surface area contributed by atoms with Gasteiger partial charge < -0.3 is 10.3 Å². The number of hydrogen-bond acceptors (Lipinski definition) is 2. The summed E-state index contributed by atoms with van der Waals surface area (Å²) >= 11 is 6.16. The number of hydrogen-bond donors (Lipinski definition) is 1. The van der Waals surface area contributed by atoms with Crippen molar-refractivity contribution >= 4 is 28.6 Å². The highest BCUT2D eigenvalue weighted by Gasteiger charge is 2.30. The summed E-state index contributed by atoms with van der Waals surface area (Å²) in [5.41, 5.74) is 8.27. The Bertz CT molecular complexity index is 582. The quantitative estimate of drug-likeness (QED) is 0.894. The van der Waals surface area contributed by atoms with Crippen molar-refractivity contribution in [3.63, 3.8) is 0 Å². The monoisotopic (exact) mass is 263 g/mol. The lowest BCUT2D eigenvalue weighted by molar-refractivity contribution is 0.287. The molecule has 2 aromatic rings. The van der Waals surface area contributed by atoms with Crippen molar-refractivity contribution in [3.05, 3.63) is 23.2 Å². The Morgan fingerprint density at radius 3 is 2.83 bits per heavy atom. The maximum Gasteiger partial charge on any atom is 0.201 e. The van der Waals surface area contributed by atoms with E-state index in [1.54, 1.807) is 0 Å². The van der Waals surface area contributed by atoms with Gasteiger partial charge in [0, 0.05) is 6.54 Å². The smallest absolute Gasteiger partial charge is 0.201 e. The molecule has 1 aliphatic carbocycles. The molecule has 3 nitrogen and oxygen atoms in total. The largest absolute Gasteiger partial charge is 0.369 e. The molecule has 2 N–H and O–H groups in total. The first-order chi connectivity index (χ1) is 8.59. The van der Waals surface area contributed by atoms with Crippen LogP contribution in [-0.2, 0) is 6.54 Å². The number of benzene rings is 1. The number of nitrogens with zero attached hydrogens (tertiary/aromatic N) is 2. The summed E-state index contributed by atoms with van der Waals surface area (Å²) in [5.74, 6) is 0.575. The maximum atomic E-state index is 6.16. The number of rotatable bonds is 2. The SMILES string of the molecule is CC1(Cn2c(N)nc3c(Cl)cccc32)CCCC1. The van der Waals surface area contributed by atoms with Crippen molar-refractivity contribution in [2.75, 3.05) is 5.73 Å². The number of nitrogen functional groups attached to an aromatic ring is 1. The van der Waals surface area contributed by atoms with Crippen LogP contribution in [-0.4, -0.2) is 9.55 Å². The zero-order valence-corrected chi connectivity index (χ0v) is 11.4. The number of fused-ring (bicyclic) bond motifs is 1. The summed E-state index contributed by atoms with van der Waals surface area (Å²) in [6.45, 7) is 3.28. The van der Waals surface area contributed by atoms with Crippen molar-refractivity contribution in [1.29, 1.82) is 0 Å². The molecule has 0 aliphatic heterocycles. The first-order valence-corrected chi connectivity index (χ1v) is 6.87. The fraction of sp³-hybridized carbons (Fsp3) is 0.500. The first-order valence-electron chi connectivity index (χ1n) is 6.49. The molecule has 0 spiro atoms. The zero-order chi connectivity index (χ0) is 12.8. The maximum absolute atomic E-state index is 6.16.